The summed E-state index contributed by atoms with van der Waals surface area (Å²) in [5, 5.41) is 11.2. The minimum absolute atomic E-state index is 0.377. The number of rotatable bonds is 34. The van der Waals surface area contributed by atoms with E-state index in [-0.39, 0.29) is 0 Å². The maximum absolute atomic E-state index is 11.6. The maximum Gasteiger partial charge on any atom is 0.407 e. The highest BCUT2D eigenvalue weighted by Crippen LogP contribution is 2.32. The van der Waals surface area contributed by atoms with Gasteiger partial charge in [-0.3, -0.25) is 4.40 Å². The van der Waals surface area contributed by atoms with Crippen molar-refractivity contribution >= 4 is 29.2 Å². The third-order valence-corrected chi connectivity index (χ3v) is 10.9. The summed E-state index contributed by atoms with van der Waals surface area (Å²) in [6.07, 6.45) is 9.34. The van der Waals surface area contributed by atoms with Crippen LogP contribution in [0.15, 0.2) is 41.1 Å². The van der Waals surface area contributed by atoms with Gasteiger partial charge in [0.05, 0.1) is 122 Å². The number of alkyl carbamates (subject to hydrolysis) is 1. The predicted octanol–water partition coefficient (Wildman–Crippen LogP) is 7.83. The van der Waals surface area contributed by atoms with Crippen molar-refractivity contribution in [3.05, 3.63) is 64.3 Å². The topological polar surface area (TPSA) is 177 Å². The predicted molar refractivity (Wildman–Crippen MR) is 256 cm³/mol. The zero-order valence-electron chi connectivity index (χ0n) is 40.3. The number of fused-ring (bicyclic) bond motifs is 1. The number of nitrogens with zero attached hydrogens (tertiary/aromatic N) is 3. The number of imidazole rings is 1. The molecule has 1 aliphatic carbocycles. The maximum atomic E-state index is 11.6. The van der Waals surface area contributed by atoms with Crippen molar-refractivity contribution < 1.29 is 56.7 Å². The van der Waals surface area contributed by atoms with E-state index in [4.69, 9.17) is 68.5 Å². The molecule has 1 amide bonds. The first-order valence-electron chi connectivity index (χ1n) is 23.8. The number of aromatic nitrogens is 3. The Balaban J connectivity index is 0.820. The van der Waals surface area contributed by atoms with Crippen molar-refractivity contribution in [2.24, 2.45) is 0 Å². The van der Waals surface area contributed by atoms with Crippen molar-refractivity contribution in [3.63, 3.8) is 0 Å². The SMILES string of the molecule is Cc1noc(C)c1-c1ccn2c(NC3CCCCC3)c(CCc3ccc(OCCOCCOCCOCCOCCOCCOCCOCCOCCNC(=O)OC(C)(C)C)c(Cl)c3)nc2c1. The molecule has 3 heterocycles. The van der Waals surface area contributed by atoms with E-state index in [0.717, 1.165) is 58.1 Å². The molecule has 1 saturated carbocycles. The molecule has 5 rings (SSSR count). The van der Waals surface area contributed by atoms with Gasteiger partial charge >= 0.3 is 6.09 Å². The number of halogens is 1. The third-order valence-electron chi connectivity index (χ3n) is 10.6. The molecule has 0 atom stereocenters. The molecule has 67 heavy (non-hydrogen) atoms. The lowest BCUT2D eigenvalue weighted by atomic mass is 9.95. The molecule has 1 aliphatic rings. The number of nitrogens with one attached hydrogen (secondary N) is 2. The summed E-state index contributed by atoms with van der Waals surface area (Å²) in [5.41, 5.74) is 5.48. The van der Waals surface area contributed by atoms with Crippen LogP contribution in [0.4, 0.5) is 10.6 Å². The van der Waals surface area contributed by atoms with Gasteiger partial charge in [-0.1, -0.05) is 42.1 Å². The molecule has 2 N–H and O–H groups in total. The zero-order valence-corrected chi connectivity index (χ0v) is 41.1. The molecule has 3 aromatic heterocycles. The van der Waals surface area contributed by atoms with Gasteiger partial charge < -0.3 is 62.5 Å². The van der Waals surface area contributed by atoms with E-state index in [0.29, 0.717) is 136 Å². The van der Waals surface area contributed by atoms with Gasteiger partial charge in [-0.05, 0) is 95.7 Å². The molecule has 374 valence electrons. The molecular formula is C49H74ClN5O12. The van der Waals surface area contributed by atoms with E-state index in [1.165, 1.54) is 32.1 Å². The number of hydrogen-bond acceptors (Lipinski definition) is 15. The second-order valence-corrected chi connectivity index (χ2v) is 17.6. The van der Waals surface area contributed by atoms with Gasteiger partial charge in [-0.15, -0.1) is 0 Å². The lowest BCUT2D eigenvalue weighted by Gasteiger charge is -2.24. The molecule has 17 nitrogen and oxygen atoms in total. The summed E-state index contributed by atoms with van der Waals surface area (Å²) in [5.74, 6) is 2.50. The van der Waals surface area contributed by atoms with Crippen LogP contribution in [0.2, 0.25) is 5.02 Å². The summed E-state index contributed by atoms with van der Waals surface area (Å²) >= 11 is 6.68. The Morgan fingerprint density at radius 3 is 1.81 bits per heavy atom. The van der Waals surface area contributed by atoms with Gasteiger partial charge in [0, 0.05) is 24.3 Å². The first-order valence-corrected chi connectivity index (χ1v) is 24.2. The Morgan fingerprint density at radius 2 is 1.28 bits per heavy atom. The number of carbonyl (C=O) groups is 1. The highest BCUT2D eigenvalue weighted by atomic mass is 35.5. The molecular weight excluding hydrogens is 886 g/mol. The van der Waals surface area contributed by atoms with Crippen LogP contribution < -0.4 is 15.4 Å². The summed E-state index contributed by atoms with van der Waals surface area (Å²) in [6, 6.07) is 10.7. The zero-order chi connectivity index (χ0) is 47.5. The summed E-state index contributed by atoms with van der Waals surface area (Å²) < 4.78 is 63.0. The average Bonchev–Trinajstić information content (AvgIpc) is 3.83. The van der Waals surface area contributed by atoms with Gasteiger partial charge in [-0.2, -0.15) is 0 Å². The number of amides is 1. The fourth-order valence-corrected chi connectivity index (χ4v) is 7.64. The van der Waals surface area contributed by atoms with Crippen molar-refractivity contribution in [1.82, 2.24) is 19.9 Å². The first-order chi connectivity index (χ1) is 32.6. The molecule has 0 saturated heterocycles. The Labute approximate surface area is 401 Å². The molecule has 0 radical (unpaired) electrons. The van der Waals surface area contributed by atoms with Crippen LogP contribution in [0, 0.1) is 13.8 Å². The minimum Gasteiger partial charge on any atom is -0.490 e. The second kappa shape index (κ2) is 30.4. The van der Waals surface area contributed by atoms with E-state index < -0.39 is 11.7 Å². The molecule has 1 aromatic carbocycles. The highest BCUT2D eigenvalue weighted by molar-refractivity contribution is 6.32. The standard InChI is InChI=1S/C49H74ClN5O12/c1-37-46(38(2)67-54-37)40-15-17-55-45(36-40)53-43(47(55)52-41-9-7-6-8-10-41)13-11-39-12-14-44(42(50)35-39)65-34-33-64-32-31-63-30-29-62-28-27-61-26-25-60-24-23-59-22-21-58-20-19-57-18-16-51-48(56)66-49(3,4)5/h12,14-15,17,35-36,41,52H,6-11,13,16,18-34H2,1-5H3,(H,51,56). The molecule has 4 aromatic rings. The first kappa shape index (κ1) is 53.9. The number of hydrogen-bond donors (Lipinski definition) is 2. The van der Waals surface area contributed by atoms with E-state index in [2.05, 4.69) is 44.6 Å². The fourth-order valence-electron chi connectivity index (χ4n) is 7.38. The van der Waals surface area contributed by atoms with Crippen molar-refractivity contribution in [2.75, 3.05) is 124 Å². The number of carbonyl (C=O) groups excluding carboxylic acids is 1. The Morgan fingerprint density at radius 1 is 0.731 bits per heavy atom. The molecule has 18 heteroatoms. The second-order valence-electron chi connectivity index (χ2n) is 17.2. The van der Waals surface area contributed by atoms with Crippen LogP contribution in [0.5, 0.6) is 5.75 Å². The normalized spacial score (nSPS) is 13.4. The Bertz CT molecular complexity index is 1980. The largest absolute Gasteiger partial charge is 0.490 e. The van der Waals surface area contributed by atoms with Crippen LogP contribution in [-0.2, 0) is 55.5 Å². The number of pyridine rings is 1. The third kappa shape index (κ3) is 20.6. The van der Waals surface area contributed by atoms with Crippen LogP contribution in [-0.4, -0.2) is 151 Å². The van der Waals surface area contributed by atoms with Crippen molar-refractivity contribution in [1.29, 1.82) is 0 Å². The van der Waals surface area contributed by atoms with Gasteiger partial charge in [-0.25, -0.2) is 9.78 Å². The Hall–Kier alpha value is -4.04. The molecule has 0 bridgehead atoms. The number of anilines is 1. The van der Waals surface area contributed by atoms with Crippen molar-refractivity contribution in [2.45, 2.75) is 91.2 Å². The lowest BCUT2D eigenvalue weighted by molar-refractivity contribution is -0.0235. The van der Waals surface area contributed by atoms with E-state index in [1.54, 1.807) is 0 Å². The van der Waals surface area contributed by atoms with Crippen LogP contribution in [0.25, 0.3) is 16.8 Å². The average molecular weight is 961 g/mol. The summed E-state index contributed by atoms with van der Waals surface area (Å²) in [4.78, 5) is 16.7. The van der Waals surface area contributed by atoms with E-state index in [1.807, 2.05) is 46.8 Å². The summed E-state index contributed by atoms with van der Waals surface area (Å²) in [6.45, 7) is 17.5. The number of benzene rings is 1. The number of aryl methyl sites for hydroxylation is 4. The van der Waals surface area contributed by atoms with E-state index in [9.17, 15) is 4.79 Å². The quantitative estimate of drug-likeness (QED) is 0.0433. The van der Waals surface area contributed by atoms with Gasteiger partial charge in [0.2, 0.25) is 0 Å². The fraction of sp³-hybridized carbons (Fsp3) is 0.653. The van der Waals surface area contributed by atoms with Gasteiger partial charge in [0.15, 0.2) is 0 Å². The molecule has 0 spiro atoms. The molecule has 0 unspecified atom stereocenters. The number of ether oxygens (including phenoxy) is 10. The van der Waals surface area contributed by atoms with Crippen LogP contribution in [0.1, 0.15) is 75.6 Å². The smallest absolute Gasteiger partial charge is 0.407 e. The molecule has 0 aliphatic heterocycles. The highest BCUT2D eigenvalue weighted by Gasteiger charge is 2.21. The van der Waals surface area contributed by atoms with Crippen LogP contribution >= 0.6 is 11.6 Å². The van der Waals surface area contributed by atoms with Crippen LogP contribution in [0.3, 0.4) is 0 Å². The van der Waals surface area contributed by atoms with Crippen molar-refractivity contribution in [3.8, 4) is 16.9 Å². The molecule has 1 fully saturated rings. The Kier molecular flexibility index (Phi) is 24.5. The minimum atomic E-state index is -0.519. The monoisotopic (exact) mass is 960 g/mol. The van der Waals surface area contributed by atoms with E-state index >= 15 is 0 Å². The lowest BCUT2D eigenvalue weighted by Crippen LogP contribution is -2.34. The summed E-state index contributed by atoms with van der Waals surface area (Å²) in [7, 11) is 0. The van der Waals surface area contributed by atoms with Gasteiger partial charge in [0.25, 0.3) is 0 Å². The van der Waals surface area contributed by atoms with Gasteiger partial charge in [0.1, 0.15) is 35.2 Å².